The molecule has 0 aliphatic carbocycles. The minimum atomic E-state index is -3.66. The molecule has 4 nitrogen and oxygen atoms in total. The highest BCUT2D eigenvalue weighted by Crippen LogP contribution is 2.31. The second-order valence-electron chi connectivity index (χ2n) is 5.45. The van der Waals surface area contributed by atoms with Gasteiger partial charge in [-0.3, -0.25) is 4.18 Å². The van der Waals surface area contributed by atoms with Gasteiger partial charge in [0.1, 0.15) is 0 Å². The smallest absolute Gasteiger partial charge is 0.296 e. The topological polar surface area (TPSA) is 52.6 Å². The van der Waals surface area contributed by atoms with Gasteiger partial charge in [-0.15, -0.1) is 0 Å². The van der Waals surface area contributed by atoms with Crippen LogP contribution < -0.4 is 0 Å². The molecule has 1 aromatic rings. The van der Waals surface area contributed by atoms with Crippen LogP contribution >= 0.6 is 0 Å². The molecular formula is C14H20O4S. The van der Waals surface area contributed by atoms with Crippen molar-refractivity contribution in [3.8, 4) is 0 Å². The van der Waals surface area contributed by atoms with Crippen molar-refractivity contribution in [2.75, 3.05) is 19.8 Å². The molecule has 1 aliphatic rings. The van der Waals surface area contributed by atoms with Gasteiger partial charge in [0.15, 0.2) is 0 Å². The molecule has 0 radical (unpaired) electrons. The summed E-state index contributed by atoms with van der Waals surface area (Å²) in [7, 11) is -3.66. The van der Waals surface area contributed by atoms with E-state index in [1.807, 2.05) is 13.8 Å². The summed E-state index contributed by atoms with van der Waals surface area (Å²) >= 11 is 0. The lowest BCUT2D eigenvalue weighted by Gasteiger charge is -2.32. The van der Waals surface area contributed by atoms with Gasteiger partial charge in [-0.05, 0) is 37.3 Å². The van der Waals surface area contributed by atoms with E-state index in [2.05, 4.69) is 0 Å². The van der Waals surface area contributed by atoms with Crippen LogP contribution in [-0.4, -0.2) is 28.2 Å². The van der Waals surface area contributed by atoms with E-state index in [1.54, 1.807) is 24.3 Å². The Morgan fingerprint density at radius 3 is 2.37 bits per heavy atom. The van der Waals surface area contributed by atoms with Gasteiger partial charge in [-0.1, -0.05) is 24.6 Å². The Hall–Kier alpha value is -0.910. The summed E-state index contributed by atoms with van der Waals surface area (Å²) < 4.78 is 34.7. The lowest BCUT2D eigenvalue weighted by atomic mass is 9.84. The summed E-state index contributed by atoms with van der Waals surface area (Å²) in [5.74, 6) is 0. The van der Waals surface area contributed by atoms with Crippen molar-refractivity contribution in [2.24, 2.45) is 5.41 Å². The molecule has 0 N–H and O–H groups in total. The number of ether oxygens (including phenoxy) is 1. The van der Waals surface area contributed by atoms with Crippen molar-refractivity contribution in [2.45, 2.75) is 31.6 Å². The summed E-state index contributed by atoms with van der Waals surface area (Å²) in [6.07, 6.45) is 1.66. The minimum Gasteiger partial charge on any atom is -0.381 e. The maximum absolute atomic E-state index is 12.1. The average Bonchev–Trinajstić information content (AvgIpc) is 2.38. The largest absolute Gasteiger partial charge is 0.381 e. The molecule has 1 fully saturated rings. The van der Waals surface area contributed by atoms with Gasteiger partial charge in [0.25, 0.3) is 10.1 Å². The van der Waals surface area contributed by atoms with E-state index in [4.69, 9.17) is 8.92 Å². The third kappa shape index (κ3) is 3.78. The molecule has 0 saturated carbocycles. The summed E-state index contributed by atoms with van der Waals surface area (Å²) in [4.78, 5) is 0.216. The van der Waals surface area contributed by atoms with Gasteiger partial charge in [-0.25, -0.2) is 0 Å². The SMILES string of the molecule is Cc1ccc(S(=O)(=O)OCC2(C)CCOCC2)cc1. The first-order valence-corrected chi connectivity index (χ1v) is 7.86. The highest BCUT2D eigenvalue weighted by atomic mass is 32.2. The molecule has 0 amide bonds. The summed E-state index contributed by atoms with van der Waals surface area (Å²) in [5.41, 5.74) is 0.908. The monoisotopic (exact) mass is 284 g/mol. The molecule has 2 rings (SSSR count). The zero-order chi connectivity index (χ0) is 13.9. The van der Waals surface area contributed by atoms with Crippen LogP contribution in [0.3, 0.4) is 0 Å². The highest BCUT2D eigenvalue weighted by molar-refractivity contribution is 7.86. The summed E-state index contributed by atoms with van der Waals surface area (Å²) in [6, 6.07) is 6.70. The van der Waals surface area contributed by atoms with Crippen molar-refractivity contribution < 1.29 is 17.3 Å². The number of rotatable bonds is 4. The standard InChI is InChI=1S/C14H20O4S/c1-12-3-5-13(6-4-12)19(15,16)18-11-14(2)7-9-17-10-8-14/h3-6H,7-11H2,1-2H3. The molecule has 19 heavy (non-hydrogen) atoms. The van der Waals surface area contributed by atoms with E-state index in [0.717, 1.165) is 18.4 Å². The van der Waals surface area contributed by atoms with Crippen molar-refractivity contribution in [3.05, 3.63) is 29.8 Å². The third-order valence-electron chi connectivity index (χ3n) is 3.57. The Kier molecular flexibility index (Phi) is 4.28. The zero-order valence-electron chi connectivity index (χ0n) is 11.4. The van der Waals surface area contributed by atoms with Crippen molar-refractivity contribution in [1.29, 1.82) is 0 Å². The van der Waals surface area contributed by atoms with Crippen LogP contribution in [0.25, 0.3) is 0 Å². The molecule has 0 atom stereocenters. The van der Waals surface area contributed by atoms with Crippen LogP contribution in [0.5, 0.6) is 0 Å². The van der Waals surface area contributed by atoms with Crippen LogP contribution in [-0.2, 0) is 19.0 Å². The predicted octanol–water partition coefficient (Wildman–Crippen LogP) is 2.52. The van der Waals surface area contributed by atoms with E-state index in [9.17, 15) is 8.42 Å². The van der Waals surface area contributed by atoms with Crippen LogP contribution in [0.1, 0.15) is 25.3 Å². The predicted molar refractivity (Wildman–Crippen MR) is 72.5 cm³/mol. The van der Waals surface area contributed by atoms with Crippen molar-refractivity contribution in [3.63, 3.8) is 0 Å². The second kappa shape index (κ2) is 5.61. The van der Waals surface area contributed by atoms with Crippen LogP contribution in [0.15, 0.2) is 29.2 Å². The maximum atomic E-state index is 12.1. The number of hydrogen-bond acceptors (Lipinski definition) is 4. The quantitative estimate of drug-likeness (QED) is 0.797. The molecule has 1 heterocycles. The second-order valence-corrected chi connectivity index (χ2v) is 7.07. The fraction of sp³-hybridized carbons (Fsp3) is 0.571. The Morgan fingerprint density at radius 2 is 1.79 bits per heavy atom. The molecule has 0 aromatic heterocycles. The van der Waals surface area contributed by atoms with Crippen molar-refractivity contribution in [1.82, 2.24) is 0 Å². The van der Waals surface area contributed by atoms with E-state index in [1.165, 1.54) is 0 Å². The Balaban J connectivity index is 2.03. The average molecular weight is 284 g/mol. The molecule has 0 spiro atoms. The Labute approximate surface area is 114 Å². The van der Waals surface area contributed by atoms with Gasteiger partial charge in [0, 0.05) is 13.2 Å². The van der Waals surface area contributed by atoms with Gasteiger partial charge < -0.3 is 4.74 Å². The van der Waals surface area contributed by atoms with Gasteiger partial charge in [0.05, 0.1) is 11.5 Å². The molecule has 1 aromatic carbocycles. The molecule has 1 aliphatic heterocycles. The first-order chi connectivity index (χ1) is 8.91. The highest BCUT2D eigenvalue weighted by Gasteiger charge is 2.30. The minimum absolute atomic E-state index is 0.115. The van der Waals surface area contributed by atoms with E-state index in [0.29, 0.717) is 13.2 Å². The van der Waals surface area contributed by atoms with Gasteiger partial charge in [0.2, 0.25) is 0 Å². The lowest BCUT2D eigenvalue weighted by Crippen LogP contribution is -2.32. The fourth-order valence-electron chi connectivity index (χ4n) is 2.00. The first-order valence-electron chi connectivity index (χ1n) is 6.45. The van der Waals surface area contributed by atoms with Crippen molar-refractivity contribution >= 4 is 10.1 Å². The molecule has 106 valence electrons. The molecule has 0 unspecified atom stereocenters. The first kappa shape index (κ1) is 14.5. The number of hydrogen-bond donors (Lipinski definition) is 0. The van der Waals surface area contributed by atoms with Crippen LogP contribution in [0.2, 0.25) is 0 Å². The Morgan fingerprint density at radius 1 is 1.21 bits per heavy atom. The van der Waals surface area contributed by atoms with E-state index >= 15 is 0 Å². The molecular weight excluding hydrogens is 264 g/mol. The molecule has 5 heteroatoms. The fourth-order valence-corrected chi connectivity index (χ4v) is 3.05. The maximum Gasteiger partial charge on any atom is 0.296 e. The molecule has 1 saturated heterocycles. The lowest BCUT2D eigenvalue weighted by molar-refractivity contribution is 0.00151. The Bertz CT molecular complexity index is 513. The van der Waals surface area contributed by atoms with E-state index in [-0.39, 0.29) is 16.9 Å². The molecule has 0 bridgehead atoms. The zero-order valence-corrected chi connectivity index (χ0v) is 12.2. The van der Waals surface area contributed by atoms with Gasteiger partial charge in [-0.2, -0.15) is 8.42 Å². The van der Waals surface area contributed by atoms with E-state index < -0.39 is 10.1 Å². The summed E-state index contributed by atoms with van der Waals surface area (Å²) in [5, 5.41) is 0. The van der Waals surface area contributed by atoms with Crippen LogP contribution in [0, 0.1) is 12.3 Å². The number of benzene rings is 1. The summed E-state index contributed by atoms with van der Waals surface area (Å²) in [6.45, 7) is 5.52. The number of aryl methyl sites for hydroxylation is 1. The third-order valence-corrected chi connectivity index (χ3v) is 4.85. The normalized spacial score (nSPS) is 19.3. The van der Waals surface area contributed by atoms with Crippen LogP contribution in [0.4, 0.5) is 0 Å². The van der Waals surface area contributed by atoms with Gasteiger partial charge >= 0.3 is 0 Å².